The van der Waals surface area contributed by atoms with Crippen LogP contribution in [0.5, 0.6) is 0 Å². The lowest BCUT2D eigenvalue weighted by Crippen LogP contribution is -2.40. The Morgan fingerprint density at radius 2 is 1.89 bits per heavy atom. The second kappa shape index (κ2) is 5.41. The van der Waals surface area contributed by atoms with Gasteiger partial charge in [0.25, 0.3) is 5.91 Å². The highest BCUT2D eigenvalue weighted by Crippen LogP contribution is 2.18. The second-order valence-electron chi connectivity index (χ2n) is 5.06. The number of rotatable bonds is 4. The summed E-state index contributed by atoms with van der Waals surface area (Å²) in [5, 5.41) is 14.7. The summed E-state index contributed by atoms with van der Waals surface area (Å²) in [4.78, 5) is 12.2. The molecule has 100 valence electrons. The smallest absolute Gasteiger partial charge is 0.252 e. The Morgan fingerprint density at radius 3 is 2.63 bits per heavy atom. The van der Waals surface area contributed by atoms with Crippen LogP contribution in [0.4, 0.5) is 0 Å². The molecule has 0 saturated carbocycles. The van der Waals surface area contributed by atoms with Crippen LogP contribution < -0.4 is 5.32 Å². The topological polar surface area (TPSA) is 49.3 Å². The molecule has 19 heavy (non-hydrogen) atoms. The molecular weight excluding hydrogens is 238 g/mol. The normalized spacial score (nSPS) is 14.1. The molecule has 0 aliphatic carbocycles. The summed E-state index contributed by atoms with van der Waals surface area (Å²) in [7, 11) is 0. The first kappa shape index (κ1) is 13.6. The van der Waals surface area contributed by atoms with Crippen molar-refractivity contribution in [1.82, 2.24) is 5.32 Å². The van der Waals surface area contributed by atoms with E-state index in [4.69, 9.17) is 0 Å². The number of fused-ring (bicyclic) bond motifs is 1. The van der Waals surface area contributed by atoms with Crippen LogP contribution in [0.25, 0.3) is 10.8 Å². The van der Waals surface area contributed by atoms with Gasteiger partial charge in [0.2, 0.25) is 0 Å². The number of hydrogen-bond donors (Lipinski definition) is 2. The van der Waals surface area contributed by atoms with Crippen molar-refractivity contribution in [3.8, 4) is 0 Å². The van der Waals surface area contributed by atoms with Crippen molar-refractivity contribution in [3.05, 3.63) is 48.0 Å². The van der Waals surface area contributed by atoms with Gasteiger partial charge in [-0.05, 0) is 30.2 Å². The maximum Gasteiger partial charge on any atom is 0.252 e. The zero-order valence-electron chi connectivity index (χ0n) is 11.3. The third-order valence-electron chi connectivity index (χ3n) is 3.43. The van der Waals surface area contributed by atoms with Gasteiger partial charge in [-0.2, -0.15) is 0 Å². The summed E-state index contributed by atoms with van der Waals surface area (Å²) >= 11 is 0. The zero-order chi connectivity index (χ0) is 13.9. The minimum absolute atomic E-state index is 0.148. The van der Waals surface area contributed by atoms with E-state index in [0.29, 0.717) is 12.0 Å². The molecule has 0 aliphatic heterocycles. The number of nitrogens with one attached hydrogen (secondary N) is 1. The first-order valence-electron chi connectivity index (χ1n) is 6.52. The molecule has 3 nitrogen and oxygen atoms in total. The molecular formula is C16H19NO2. The van der Waals surface area contributed by atoms with Crippen molar-refractivity contribution >= 4 is 16.7 Å². The van der Waals surface area contributed by atoms with Gasteiger partial charge in [0.1, 0.15) is 0 Å². The second-order valence-corrected chi connectivity index (χ2v) is 5.06. The summed E-state index contributed by atoms with van der Waals surface area (Å²) < 4.78 is 0. The van der Waals surface area contributed by atoms with E-state index in [0.717, 1.165) is 10.8 Å². The average Bonchev–Trinajstić information content (AvgIpc) is 2.44. The summed E-state index contributed by atoms with van der Waals surface area (Å²) in [6.07, 6.45) is 0.600. The van der Waals surface area contributed by atoms with Crippen LogP contribution in [0.2, 0.25) is 0 Å². The zero-order valence-corrected chi connectivity index (χ0v) is 11.3. The van der Waals surface area contributed by atoms with E-state index in [1.807, 2.05) is 43.3 Å². The minimum atomic E-state index is -0.861. The fourth-order valence-corrected chi connectivity index (χ4v) is 1.91. The Kier molecular flexibility index (Phi) is 3.86. The van der Waals surface area contributed by atoms with E-state index < -0.39 is 5.60 Å². The van der Waals surface area contributed by atoms with Crippen molar-refractivity contribution in [1.29, 1.82) is 0 Å². The number of hydrogen-bond acceptors (Lipinski definition) is 2. The van der Waals surface area contributed by atoms with Crippen LogP contribution in [0.3, 0.4) is 0 Å². The Morgan fingerprint density at radius 1 is 1.21 bits per heavy atom. The molecule has 2 aromatic rings. The molecule has 0 aromatic heterocycles. The standard InChI is InChI=1S/C16H19NO2/c1-3-16(2,19)11-17-15(18)14-10-6-8-12-7-4-5-9-13(12)14/h4-10,19H,3,11H2,1-2H3,(H,17,18). The highest BCUT2D eigenvalue weighted by Gasteiger charge is 2.19. The highest BCUT2D eigenvalue weighted by atomic mass is 16.3. The van der Waals surface area contributed by atoms with Gasteiger partial charge in [0.05, 0.1) is 5.60 Å². The first-order chi connectivity index (χ1) is 9.03. The molecule has 2 aromatic carbocycles. The number of carbonyl (C=O) groups excluding carboxylic acids is 1. The maximum absolute atomic E-state index is 12.2. The minimum Gasteiger partial charge on any atom is -0.388 e. The molecule has 0 radical (unpaired) electrons. The summed E-state index contributed by atoms with van der Waals surface area (Å²) in [5.74, 6) is -0.148. The van der Waals surface area contributed by atoms with E-state index in [1.165, 1.54) is 0 Å². The van der Waals surface area contributed by atoms with Crippen LogP contribution >= 0.6 is 0 Å². The monoisotopic (exact) mass is 257 g/mol. The largest absolute Gasteiger partial charge is 0.388 e. The van der Waals surface area contributed by atoms with Gasteiger partial charge in [0.15, 0.2) is 0 Å². The van der Waals surface area contributed by atoms with Gasteiger partial charge in [-0.25, -0.2) is 0 Å². The average molecular weight is 257 g/mol. The molecule has 0 spiro atoms. The molecule has 2 N–H and O–H groups in total. The third-order valence-corrected chi connectivity index (χ3v) is 3.43. The fraction of sp³-hybridized carbons (Fsp3) is 0.312. The summed E-state index contributed by atoms with van der Waals surface area (Å²) in [6.45, 7) is 3.87. The molecule has 3 heteroatoms. The van der Waals surface area contributed by atoms with E-state index in [-0.39, 0.29) is 12.5 Å². The number of aliphatic hydroxyl groups is 1. The van der Waals surface area contributed by atoms with Crippen molar-refractivity contribution < 1.29 is 9.90 Å². The number of benzene rings is 2. The van der Waals surface area contributed by atoms with Gasteiger partial charge in [0, 0.05) is 12.1 Å². The number of carbonyl (C=O) groups is 1. The van der Waals surface area contributed by atoms with Gasteiger partial charge in [-0.15, -0.1) is 0 Å². The Bertz CT molecular complexity index is 585. The van der Waals surface area contributed by atoms with E-state index in [9.17, 15) is 9.90 Å². The van der Waals surface area contributed by atoms with Crippen molar-refractivity contribution in [3.63, 3.8) is 0 Å². The maximum atomic E-state index is 12.2. The quantitative estimate of drug-likeness (QED) is 0.884. The molecule has 0 aliphatic rings. The van der Waals surface area contributed by atoms with Crippen LogP contribution in [-0.4, -0.2) is 23.2 Å². The predicted octanol–water partition coefficient (Wildman–Crippen LogP) is 2.73. The van der Waals surface area contributed by atoms with Crippen molar-refractivity contribution in [2.45, 2.75) is 25.9 Å². The van der Waals surface area contributed by atoms with E-state index in [1.54, 1.807) is 13.0 Å². The molecule has 1 amide bonds. The third kappa shape index (κ3) is 3.12. The molecule has 1 unspecified atom stereocenters. The van der Waals surface area contributed by atoms with E-state index >= 15 is 0 Å². The van der Waals surface area contributed by atoms with Crippen LogP contribution in [0, 0.1) is 0 Å². The highest BCUT2D eigenvalue weighted by molar-refractivity contribution is 6.07. The van der Waals surface area contributed by atoms with Crippen molar-refractivity contribution in [2.24, 2.45) is 0 Å². The first-order valence-corrected chi connectivity index (χ1v) is 6.52. The Hall–Kier alpha value is -1.87. The molecule has 1 atom stereocenters. The van der Waals surface area contributed by atoms with Crippen LogP contribution in [0.15, 0.2) is 42.5 Å². The van der Waals surface area contributed by atoms with Crippen LogP contribution in [0.1, 0.15) is 30.6 Å². The summed E-state index contributed by atoms with van der Waals surface area (Å²) in [6, 6.07) is 13.4. The number of amides is 1. The molecule has 2 rings (SSSR count). The lowest BCUT2D eigenvalue weighted by atomic mass is 10.0. The summed E-state index contributed by atoms with van der Waals surface area (Å²) in [5.41, 5.74) is -0.217. The Balaban J connectivity index is 2.23. The Labute approximate surface area is 113 Å². The van der Waals surface area contributed by atoms with Gasteiger partial charge < -0.3 is 10.4 Å². The van der Waals surface area contributed by atoms with Gasteiger partial charge in [-0.3, -0.25) is 4.79 Å². The lowest BCUT2D eigenvalue weighted by molar-refractivity contribution is 0.0519. The van der Waals surface area contributed by atoms with Gasteiger partial charge in [-0.1, -0.05) is 43.3 Å². The lowest BCUT2D eigenvalue weighted by Gasteiger charge is -2.21. The van der Waals surface area contributed by atoms with Gasteiger partial charge >= 0.3 is 0 Å². The van der Waals surface area contributed by atoms with Crippen LogP contribution in [-0.2, 0) is 0 Å². The SMILES string of the molecule is CCC(C)(O)CNC(=O)c1cccc2ccccc12. The molecule has 0 fully saturated rings. The van der Waals surface area contributed by atoms with Crippen molar-refractivity contribution in [2.75, 3.05) is 6.54 Å². The predicted molar refractivity (Wildman–Crippen MR) is 77.2 cm³/mol. The fourth-order valence-electron chi connectivity index (χ4n) is 1.91. The molecule has 0 saturated heterocycles. The molecule has 0 bridgehead atoms. The molecule has 0 heterocycles. The van der Waals surface area contributed by atoms with E-state index in [2.05, 4.69) is 5.32 Å².